The van der Waals surface area contributed by atoms with E-state index in [1.54, 1.807) is 6.07 Å². The van der Waals surface area contributed by atoms with Gasteiger partial charge >= 0.3 is 0 Å². The highest BCUT2D eigenvalue weighted by Gasteiger charge is 2.22. The summed E-state index contributed by atoms with van der Waals surface area (Å²) in [4.78, 5) is 0. The van der Waals surface area contributed by atoms with Gasteiger partial charge in [0, 0.05) is 38.4 Å². The zero-order valence-electron chi connectivity index (χ0n) is 26.7. The number of benzene rings is 7. The SMILES string of the molecule is N#Cc1ccc2c(c1)c1ccccc1n2-c1ccccc1-c1c(-c2cccc(-n3c4ccccc4c4ccccc43)c2)ccc(C#N)c1C#N. The first-order valence-corrected chi connectivity index (χ1v) is 16.3. The molecule has 0 atom stereocenters. The van der Waals surface area contributed by atoms with Crippen molar-refractivity contribution >= 4 is 43.6 Å². The molecule has 7 aromatic carbocycles. The summed E-state index contributed by atoms with van der Waals surface area (Å²) in [5.41, 5.74) is 10.6. The Morgan fingerprint density at radius 1 is 0.420 bits per heavy atom. The second-order valence-electron chi connectivity index (χ2n) is 12.3. The molecule has 0 spiro atoms. The van der Waals surface area contributed by atoms with Crippen LogP contribution in [0.25, 0.3) is 77.2 Å². The van der Waals surface area contributed by atoms with E-state index >= 15 is 0 Å². The Bertz CT molecular complexity index is 2920. The summed E-state index contributed by atoms with van der Waals surface area (Å²) >= 11 is 0. The lowest BCUT2D eigenvalue weighted by Gasteiger charge is -2.19. The molecule has 9 rings (SSSR count). The monoisotopic (exact) mass is 635 g/mol. The highest BCUT2D eigenvalue weighted by atomic mass is 15.0. The van der Waals surface area contributed by atoms with Gasteiger partial charge in [-0.1, -0.05) is 91.0 Å². The standard InChI is InChI=1S/C45H25N5/c46-26-29-20-23-44-38(24-29)36-14-3-7-18-42(36)50(44)43-19-8-4-15-37(43)45-33(22-21-31(27-47)39(45)28-48)30-10-9-11-32(25-30)49-40-16-5-1-12-34(40)35-13-2-6-17-41(35)49/h1-25H. The van der Waals surface area contributed by atoms with Crippen LogP contribution in [-0.4, -0.2) is 9.13 Å². The first-order valence-electron chi connectivity index (χ1n) is 16.3. The lowest BCUT2D eigenvalue weighted by atomic mass is 9.87. The van der Waals surface area contributed by atoms with Crippen LogP contribution in [0.15, 0.2) is 152 Å². The molecule has 5 nitrogen and oxygen atoms in total. The summed E-state index contributed by atoms with van der Waals surface area (Å²) in [6.07, 6.45) is 0. The van der Waals surface area contributed by atoms with Crippen molar-refractivity contribution in [2.75, 3.05) is 0 Å². The molecule has 0 unspecified atom stereocenters. The van der Waals surface area contributed by atoms with Crippen molar-refractivity contribution in [1.29, 1.82) is 15.8 Å². The molecule has 0 aliphatic carbocycles. The van der Waals surface area contributed by atoms with E-state index in [1.165, 1.54) is 10.8 Å². The van der Waals surface area contributed by atoms with Gasteiger partial charge in [0.15, 0.2) is 0 Å². The lowest BCUT2D eigenvalue weighted by molar-refractivity contribution is 1.18. The molecule has 0 N–H and O–H groups in total. The average Bonchev–Trinajstić information content (AvgIpc) is 3.70. The van der Waals surface area contributed by atoms with Crippen LogP contribution in [0.3, 0.4) is 0 Å². The van der Waals surface area contributed by atoms with E-state index in [0.29, 0.717) is 22.3 Å². The molecule has 2 heterocycles. The van der Waals surface area contributed by atoms with Crippen molar-refractivity contribution in [3.63, 3.8) is 0 Å². The molecule has 0 saturated heterocycles. The molecule has 0 saturated carbocycles. The van der Waals surface area contributed by atoms with Gasteiger partial charge in [0.2, 0.25) is 0 Å². The first kappa shape index (κ1) is 28.8. The summed E-state index contributed by atoms with van der Waals surface area (Å²) in [5, 5.41) is 35.0. The second kappa shape index (κ2) is 11.4. The molecule has 0 radical (unpaired) electrons. The van der Waals surface area contributed by atoms with Crippen molar-refractivity contribution in [3.05, 3.63) is 168 Å². The van der Waals surface area contributed by atoms with Gasteiger partial charge in [-0.15, -0.1) is 0 Å². The number of para-hydroxylation sites is 4. The Hall–Kier alpha value is -7.39. The predicted octanol–water partition coefficient (Wildman–Crippen LogP) is 10.8. The molecule has 2 aromatic heterocycles. The van der Waals surface area contributed by atoms with Crippen molar-refractivity contribution in [3.8, 4) is 51.8 Å². The minimum absolute atomic E-state index is 0.320. The molecule has 230 valence electrons. The van der Waals surface area contributed by atoms with E-state index < -0.39 is 0 Å². The highest BCUT2D eigenvalue weighted by molar-refractivity contribution is 6.11. The maximum absolute atomic E-state index is 10.7. The fourth-order valence-corrected chi connectivity index (χ4v) is 7.53. The van der Waals surface area contributed by atoms with Crippen LogP contribution in [0.4, 0.5) is 0 Å². The smallest absolute Gasteiger partial charge is 0.101 e. The molecular weight excluding hydrogens is 611 g/mol. The van der Waals surface area contributed by atoms with E-state index in [0.717, 1.165) is 60.9 Å². The lowest BCUT2D eigenvalue weighted by Crippen LogP contribution is -2.01. The molecule has 0 amide bonds. The molecule has 50 heavy (non-hydrogen) atoms. The van der Waals surface area contributed by atoms with Crippen LogP contribution in [0.5, 0.6) is 0 Å². The third kappa shape index (κ3) is 4.24. The van der Waals surface area contributed by atoms with E-state index in [1.807, 2.05) is 60.7 Å². The highest BCUT2D eigenvalue weighted by Crippen LogP contribution is 2.43. The van der Waals surface area contributed by atoms with Gasteiger partial charge in [-0.25, -0.2) is 0 Å². The minimum Gasteiger partial charge on any atom is -0.309 e. The number of nitriles is 3. The number of hydrogen-bond acceptors (Lipinski definition) is 3. The summed E-state index contributed by atoms with van der Waals surface area (Å²) in [7, 11) is 0. The fraction of sp³-hybridized carbons (Fsp3) is 0. The summed E-state index contributed by atoms with van der Waals surface area (Å²) in [5.74, 6) is 0. The van der Waals surface area contributed by atoms with Crippen molar-refractivity contribution in [2.45, 2.75) is 0 Å². The number of rotatable bonds is 4. The van der Waals surface area contributed by atoms with Gasteiger partial charge in [0.05, 0.1) is 50.5 Å². The van der Waals surface area contributed by atoms with Gasteiger partial charge in [-0.2, -0.15) is 15.8 Å². The number of fused-ring (bicyclic) bond motifs is 6. The van der Waals surface area contributed by atoms with Crippen LogP contribution >= 0.6 is 0 Å². The number of hydrogen-bond donors (Lipinski definition) is 0. The molecule has 0 bridgehead atoms. The maximum Gasteiger partial charge on any atom is 0.101 e. The molecule has 0 fully saturated rings. The third-order valence-electron chi connectivity index (χ3n) is 9.65. The number of nitrogens with zero attached hydrogens (tertiary/aromatic N) is 5. The van der Waals surface area contributed by atoms with Crippen LogP contribution < -0.4 is 0 Å². The van der Waals surface area contributed by atoms with Crippen molar-refractivity contribution < 1.29 is 0 Å². The third-order valence-corrected chi connectivity index (χ3v) is 9.65. The number of aromatic nitrogens is 2. The zero-order chi connectivity index (χ0) is 33.8. The van der Waals surface area contributed by atoms with Gasteiger partial charge in [0.1, 0.15) is 12.1 Å². The summed E-state index contributed by atoms with van der Waals surface area (Å²) in [6, 6.07) is 57.9. The Labute approximate surface area is 287 Å². The Morgan fingerprint density at radius 3 is 1.72 bits per heavy atom. The van der Waals surface area contributed by atoms with Crippen LogP contribution in [-0.2, 0) is 0 Å². The molecule has 0 aliphatic heterocycles. The van der Waals surface area contributed by atoms with Crippen LogP contribution in [0.2, 0.25) is 0 Å². The quantitative estimate of drug-likeness (QED) is 0.193. The van der Waals surface area contributed by atoms with Gasteiger partial charge in [-0.3, -0.25) is 0 Å². The van der Waals surface area contributed by atoms with Gasteiger partial charge < -0.3 is 9.13 Å². The minimum atomic E-state index is 0.320. The molecular formula is C45H25N5. The predicted molar refractivity (Wildman–Crippen MR) is 200 cm³/mol. The fourth-order valence-electron chi connectivity index (χ4n) is 7.53. The van der Waals surface area contributed by atoms with E-state index in [-0.39, 0.29) is 0 Å². The normalized spacial score (nSPS) is 11.1. The topological polar surface area (TPSA) is 81.2 Å². The Morgan fingerprint density at radius 2 is 1.04 bits per heavy atom. The van der Waals surface area contributed by atoms with Crippen LogP contribution in [0, 0.1) is 34.0 Å². The second-order valence-corrected chi connectivity index (χ2v) is 12.3. The van der Waals surface area contributed by atoms with Crippen molar-refractivity contribution in [1.82, 2.24) is 9.13 Å². The maximum atomic E-state index is 10.7. The molecule has 9 aromatic rings. The van der Waals surface area contributed by atoms with E-state index in [2.05, 4.69) is 112 Å². The van der Waals surface area contributed by atoms with Crippen molar-refractivity contribution in [2.24, 2.45) is 0 Å². The Kier molecular flexibility index (Phi) is 6.56. The summed E-state index contributed by atoms with van der Waals surface area (Å²) in [6.45, 7) is 0. The van der Waals surface area contributed by atoms with E-state index in [9.17, 15) is 15.8 Å². The average molecular weight is 636 g/mol. The largest absolute Gasteiger partial charge is 0.309 e. The first-order chi connectivity index (χ1) is 24.7. The van der Waals surface area contributed by atoms with Crippen LogP contribution in [0.1, 0.15) is 16.7 Å². The zero-order valence-corrected chi connectivity index (χ0v) is 26.7. The van der Waals surface area contributed by atoms with Gasteiger partial charge in [0.25, 0.3) is 0 Å². The van der Waals surface area contributed by atoms with Gasteiger partial charge in [-0.05, 0) is 71.8 Å². The van der Waals surface area contributed by atoms with E-state index in [4.69, 9.17) is 0 Å². The Balaban J connectivity index is 1.33. The molecule has 0 aliphatic rings. The molecule has 5 heteroatoms. The summed E-state index contributed by atoms with van der Waals surface area (Å²) < 4.78 is 4.48.